The van der Waals surface area contributed by atoms with Gasteiger partial charge in [0.15, 0.2) is 12.0 Å². The fourth-order valence-electron chi connectivity index (χ4n) is 3.60. The Hall–Kier alpha value is -2.67. The fraction of sp³-hybridized carbons (Fsp3) is 0.364. The molecular weight excluding hydrogens is 420 g/mol. The fourth-order valence-corrected chi connectivity index (χ4v) is 3.90. The third-order valence-electron chi connectivity index (χ3n) is 5.19. The Kier molecular flexibility index (Phi) is 6.14. The molecule has 4 rings (SSSR count). The van der Waals surface area contributed by atoms with Crippen molar-refractivity contribution in [3.63, 3.8) is 0 Å². The molecule has 0 radical (unpaired) electrons. The quantitative estimate of drug-likeness (QED) is 0.317. The van der Waals surface area contributed by atoms with Crippen molar-refractivity contribution in [2.24, 2.45) is 0 Å². The average molecular weight is 443 g/mol. The van der Waals surface area contributed by atoms with Crippen molar-refractivity contribution in [2.75, 3.05) is 18.7 Å². The zero-order valence-electron chi connectivity index (χ0n) is 17.1. The number of aliphatic hydroxyl groups is 2. The van der Waals surface area contributed by atoms with Crippen LogP contribution in [0.15, 0.2) is 42.9 Å². The zero-order valence-corrected chi connectivity index (χ0v) is 17.9. The number of nitrogens with zero attached hydrogens (tertiary/aromatic N) is 3. The van der Waals surface area contributed by atoms with Gasteiger partial charge in [-0.15, -0.1) is 11.6 Å². The highest BCUT2D eigenvalue weighted by atomic mass is 35.5. The highest BCUT2D eigenvalue weighted by Crippen LogP contribution is 2.45. The van der Waals surface area contributed by atoms with E-state index in [1.54, 1.807) is 17.7 Å². The van der Waals surface area contributed by atoms with Crippen LogP contribution in [0.1, 0.15) is 31.2 Å². The van der Waals surface area contributed by atoms with Crippen LogP contribution < -0.4 is 5.48 Å². The summed E-state index contributed by atoms with van der Waals surface area (Å²) < 4.78 is 7.62. The van der Waals surface area contributed by atoms with Crippen molar-refractivity contribution in [3.8, 4) is 11.8 Å². The summed E-state index contributed by atoms with van der Waals surface area (Å²) in [5, 5.41) is 20.7. The van der Waals surface area contributed by atoms with Gasteiger partial charge in [0.25, 0.3) is 0 Å². The van der Waals surface area contributed by atoms with Crippen LogP contribution in [0, 0.1) is 11.8 Å². The molecule has 1 aromatic carbocycles. The van der Waals surface area contributed by atoms with Gasteiger partial charge in [0.05, 0.1) is 24.2 Å². The number of halogens is 1. The predicted molar refractivity (Wildman–Crippen MR) is 116 cm³/mol. The molecule has 9 heteroatoms. The normalized spacial score (nSPS) is 25.4. The molecule has 31 heavy (non-hydrogen) atoms. The zero-order chi connectivity index (χ0) is 22.0. The number of hydrogen-bond donors (Lipinski definition) is 3. The van der Waals surface area contributed by atoms with E-state index in [9.17, 15) is 10.2 Å². The number of benzene rings is 1. The van der Waals surface area contributed by atoms with Crippen LogP contribution in [0.3, 0.4) is 0 Å². The maximum atomic E-state index is 10.5. The molecular formula is C22H23ClN4O4. The lowest BCUT2D eigenvalue weighted by molar-refractivity contribution is -0.0439. The van der Waals surface area contributed by atoms with Gasteiger partial charge in [-0.2, -0.15) is 0 Å². The van der Waals surface area contributed by atoms with Crippen molar-refractivity contribution in [1.82, 2.24) is 14.5 Å². The van der Waals surface area contributed by atoms with E-state index in [2.05, 4.69) is 27.3 Å². The molecule has 0 unspecified atom stereocenters. The first-order chi connectivity index (χ1) is 15.0. The second kappa shape index (κ2) is 8.83. The van der Waals surface area contributed by atoms with Crippen molar-refractivity contribution >= 4 is 28.5 Å². The van der Waals surface area contributed by atoms with E-state index in [0.29, 0.717) is 29.0 Å². The largest absolute Gasteiger partial charge is 0.394 e. The molecule has 1 saturated heterocycles. The summed E-state index contributed by atoms with van der Waals surface area (Å²) in [6, 6.07) is 9.59. The van der Waals surface area contributed by atoms with Gasteiger partial charge in [-0.05, 0) is 26.0 Å². The van der Waals surface area contributed by atoms with Crippen molar-refractivity contribution in [3.05, 3.63) is 54.0 Å². The molecule has 1 aliphatic heterocycles. The minimum atomic E-state index is -1.19. The van der Waals surface area contributed by atoms with Gasteiger partial charge in [0, 0.05) is 11.8 Å². The molecule has 0 amide bonds. The standard InChI is InChI=1S/C22H23ClN4O4/c1-3-30-26-19-17-15(10-9-14-7-5-4-6-8-14)11-27(20(17)25-13-24-19)21-22(2,23)18(29)16(12-28)31-21/h4-8,11,13,16,18,21,28-29H,3,12H2,1-2H3,(H,24,25,26)/t16-,18-,21-,22-/m1/s1. The van der Waals surface area contributed by atoms with E-state index < -0.39 is 23.3 Å². The smallest absolute Gasteiger partial charge is 0.163 e. The second-order valence-corrected chi connectivity index (χ2v) is 8.14. The summed E-state index contributed by atoms with van der Waals surface area (Å²) in [4.78, 5) is 12.9. The number of ether oxygens (including phenoxy) is 1. The van der Waals surface area contributed by atoms with Crippen LogP contribution >= 0.6 is 11.6 Å². The van der Waals surface area contributed by atoms with Gasteiger partial charge in [-0.3, -0.25) is 4.84 Å². The van der Waals surface area contributed by atoms with E-state index in [1.165, 1.54) is 6.33 Å². The van der Waals surface area contributed by atoms with Crippen LogP contribution in [0.25, 0.3) is 11.0 Å². The maximum absolute atomic E-state index is 10.5. The van der Waals surface area contributed by atoms with Gasteiger partial charge < -0.3 is 19.5 Å². The first-order valence-electron chi connectivity index (χ1n) is 9.91. The minimum absolute atomic E-state index is 0.355. The molecule has 4 atom stereocenters. The van der Waals surface area contributed by atoms with E-state index in [-0.39, 0.29) is 6.61 Å². The van der Waals surface area contributed by atoms with Crippen molar-refractivity contribution in [1.29, 1.82) is 0 Å². The Balaban J connectivity index is 1.87. The first-order valence-corrected chi connectivity index (χ1v) is 10.3. The Morgan fingerprint density at radius 3 is 2.74 bits per heavy atom. The van der Waals surface area contributed by atoms with Gasteiger partial charge in [-0.25, -0.2) is 15.4 Å². The first kappa shape index (κ1) is 21.6. The molecule has 2 aromatic heterocycles. The van der Waals surface area contributed by atoms with Gasteiger partial charge >= 0.3 is 0 Å². The number of aliphatic hydroxyl groups excluding tert-OH is 2. The number of anilines is 1. The molecule has 3 N–H and O–H groups in total. The molecule has 162 valence electrons. The van der Waals surface area contributed by atoms with Crippen LogP contribution in [-0.2, 0) is 9.57 Å². The molecule has 1 fully saturated rings. The Morgan fingerprint density at radius 1 is 1.29 bits per heavy atom. The molecule has 3 aromatic rings. The summed E-state index contributed by atoms with van der Waals surface area (Å²) in [6.07, 6.45) is 0.500. The number of hydrogen-bond acceptors (Lipinski definition) is 7. The third kappa shape index (κ3) is 3.99. The van der Waals surface area contributed by atoms with Gasteiger partial charge in [0.2, 0.25) is 0 Å². The van der Waals surface area contributed by atoms with Crippen molar-refractivity contribution in [2.45, 2.75) is 37.2 Å². The van der Waals surface area contributed by atoms with Crippen LogP contribution in [0.5, 0.6) is 0 Å². The van der Waals surface area contributed by atoms with E-state index in [4.69, 9.17) is 21.2 Å². The summed E-state index contributed by atoms with van der Waals surface area (Å²) in [7, 11) is 0. The number of fused-ring (bicyclic) bond motifs is 1. The van der Waals surface area contributed by atoms with E-state index in [1.807, 2.05) is 37.3 Å². The lowest BCUT2D eigenvalue weighted by atomic mass is 10.0. The predicted octanol–water partition coefficient (Wildman–Crippen LogP) is 2.44. The third-order valence-corrected chi connectivity index (χ3v) is 5.60. The maximum Gasteiger partial charge on any atom is 0.163 e. The van der Waals surface area contributed by atoms with E-state index in [0.717, 1.165) is 5.56 Å². The average Bonchev–Trinajstić information content (AvgIpc) is 3.26. The molecule has 0 spiro atoms. The second-order valence-electron chi connectivity index (χ2n) is 7.33. The van der Waals surface area contributed by atoms with Crippen LogP contribution in [0.4, 0.5) is 5.82 Å². The Bertz CT molecular complexity index is 1120. The highest BCUT2D eigenvalue weighted by Gasteiger charge is 2.53. The van der Waals surface area contributed by atoms with Crippen LogP contribution in [0.2, 0.25) is 0 Å². The van der Waals surface area contributed by atoms with Crippen molar-refractivity contribution < 1.29 is 19.8 Å². The topological polar surface area (TPSA) is 102 Å². The minimum Gasteiger partial charge on any atom is -0.394 e. The summed E-state index contributed by atoms with van der Waals surface area (Å²) in [5.74, 6) is 6.77. The lowest BCUT2D eigenvalue weighted by Crippen LogP contribution is -2.39. The number of nitrogens with one attached hydrogen (secondary N) is 1. The Labute approximate surface area is 184 Å². The molecule has 3 heterocycles. The number of alkyl halides is 1. The molecule has 8 nitrogen and oxygen atoms in total. The highest BCUT2D eigenvalue weighted by molar-refractivity contribution is 6.24. The molecule has 0 bridgehead atoms. The lowest BCUT2D eigenvalue weighted by Gasteiger charge is -2.26. The van der Waals surface area contributed by atoms with Gasteiger partial charge in [-0.1, -0.05) is 30.0 Å². The van der Waals surface area contributed by atoms with Crippen LogP contribution in [-0.4, -0.2) is 55.0 Å². The molecule has 0 aliphatic carbocycles. The molecule has 0 saturated carbocycles. The summed E-state index contributed by atoms with van der Waals surface area (Å²) in [5.41, 5.74) is 4.84. The monoisotopic (exact) mass is 442 g/mol. The summed E-state index contributed by atoms with van der Waals surface area (Å²) in [6.45, 7) is 3.61. The number of rotatable bonds is 5. The summed E-state index contributed by atoms with van der Waals surface area (Å²) >= 11 is 6.67. The van der Waals surface area contributed by atoms with Gasteiger partial charge in [0.1, 0.15) is 29.1 Å². The number of aromatic nitrogens is 3. The molecule has 1 aliphatic rings. The van der Waals surface area contributed by atoms with E-state index >= 15 is 0 Å². The Morgan fingerprint density at radius 2 is 2.06 bits per heavy atom. The SMILES string of the molecule is CCONc1ncnc2c1c(C#Cc1ccccc1)cn2[C@@H]1O[C@H](CO)[C@@H](O)[C@@]1(C)Cl.